The maximum absolute atomic E-state index is 13.9. The Morgan fingerprint density at radius 2 is 2.04 bits per heavy atom. The largest absolute Gasteiger partial charge is 0.339 e. The van der Waals surface area contributed by atoms with Crippen molar-refractivity contribution in [2.75, 3.05) is 26.2 Å². The second kappa shape index (κ2) is 7.85. The van der Waals surface area contributed by atoms with E-state index in [1.54, 1.807) is 16.8 Å². The van der Waals surface area contributed by atoms with Gasteiger partial charge in [-0.1, -0.05) is 17.7 Å². The van der Waals surface area contributed by atoms with Crippen LogP contribution in [0.25, 0.3) is 0 Å². The minimum Gasteiger partial charge on any atom is -0.339 e. The molecule has 3 rings (SSSR count). The molecule has 0 radical (unpaired) electrons. The zero-order chi connectivity index (χ0) is 18.0. The molecule has 25 heavy (non-hydrogen) atoms. The highest BCUT2D eigenvalue weighted by Crippen LogP contribution is 2.21. The minimum absolute atomic E-state index is 0.0403. The molecule has 0 spiro atoms. The van der Waals surface area contributed by atoms with E-state index in [9.17, 15) is 9.18 Å². The van der Waals surface area contributed by atoms with Gasteiger partial charge in [-0.3, -0.25) is 14.4 Å². The van der Waals surface area contributed by atoms with E-state index in [1.807, 2.05) is 18.0 Å². The molecule has 0 unspecified atom stereocenters. The normalized spacial score (nSPS) is 15.6. The van der Waals surface area contributed by atoms with Gasteiger partial charge in [-0.2, -0.15) is 5.10 Å². The maximum Gasteiger partial charge on any atom is 0.244 e. The molecule has 0 saturated carbocycles. The summed E-state index contributed by atoms with van der Waals surface area (Å²) in [6.07, 6.45) is 1.81. The van der Waals surface area contributed by atoms with Crippen molar-refractivity contribution in [2.45, 2.75) is 20.0 Å². The van der Waals surface area contributed by atoms with Crippen LogP contribution in [0.15, 0.2) is 28.9 Å². The van der Waals surface area contributed by atoms with Crippen LogP contribution in [-0.4, -0.2) is 51.7 Å². The zero-order valence-corrected chi connectivity index (χ0v) is 16.2. The molecule has 1 fully saturated rings. The van der Waals surface area contributed by atoms with Crippen molar-refractivity contribution in [2.24, 2.45) is 0 Å². The van der Waals surface area contributed by atoms with Gasteiger partial charge in [0.25, 0.3) is 0 Å². The second-order valence-corrected chi connectivity index (χ2v) is 7.38. The Morgan fingerprint density at radius 3 is 2.64 bits per heavy atom. The summed E-state index contributed by atoms with van der Waals surface area (Å²) >= 11 is 9.48. The summed E-state index contributed by atoms with van der Waals surface area (Å²) in [6, 6.07) is 4.72. The molecule has 134 valence electrons. The van der Waals surface area contributed by atoms with E-state index < -0.39 is 0 Å². The first-order valence-corrected chi connectivity index (χ1v) is 9.23. The number of amides is 1. The summed E-state index contributed by atoms with van der Waals surface area (Å²) in [5, 5.41) is 4.73. The van der Waals surface area contributed by atoms with E-state index in [2.05, 4.69) is 25.9 Å². The molecule has 2 aromatic rings. The summed E-state index contributed by atoms with van der Waals surface area (Å²) in [5.74, 6) is -0.246. The quantitative estimate of drug-likeness (QED) is 0.750. The lowest BCUT2D eigenvalue weighted by Gasteiger charge is -2.35. The van der Waals surface area contributed by atoms with Crippen LogP contribution >= 0.6 is 27.5 Å². The van der Waals surface area contributed by atoms with Gasteiger partial charge in [0, 0.05) is 49.5 Å². The Labute approximate surface area is 159 Å². The smallest absolute Gasteiger partial charge is 0.244 e. The summed E-state index contributed by atoms with van der Waals surface area (Å²) in [4.78, 5) is 16.3. The number of nitrogens with zero attached hydrogens (tertiary/aromatic N) is 4. The first-order chi connectivity index (χ1) is 11.9. The Morgan fingerprint density at radius 1 is 1.32 bits per heavy atom. The van der Waals surface area contributed by atoms with Crippen molar-refractivity contribution in [3.63, 3.8) is 0 Å². The molecule has 1 saturated heterocycles. The number of aromatic nitrogens is 2. The van der Waals surface area contributed by atoms with E-state index in [-0.39, 0.29) is 18.3 Å². The molecule has 1 amide bonds. The predicted octanol–water partition coefficient (Wildman–Crippen LogP) is 3.09. The lowest BCUT2D eigenvalue weighted by molar-refractivity contribution is -0.133. The Bertz CT molecular complexity index is 734. The number of aryl methyl sites for hydroxylation is 1. The van der Waals surface area contributed by atoms with Crippen LogP contribution in [0.4, 0.5) is 4.39 Å². The standard InChI is InChI=1S/C17H19BrClFN4O/c1-12-14(18)10-24(21-12)11-17(25)23-7-5-22(6-8-23)9-13-15(19)3-2-4-16(13)20/h2-4,10H,5-9,11H2,1H3. The highest BCUT2D eigenvalue weighted by molar-refractivity contribution is 9.10. The fraction of sp³-hybridized carbons (Fsp3) is 0.412. The summed E-state index contributed by atoms with van der Waals surface area (Å²) < 4.78 is 16.4. The average Bonchev–Trinajstić information content (AvgIpc) is 2.89. The van der Waals surface area contributed by atoms with Crippen molar-refractivity contribution in [3.8, 4) is 0 Å². The summed E-state index contributed by atoms with van der Waals surface area (Å²) in [5.41, 5.74) is 1.38. The molecule has 1 aliphatic rings. The highest BCUT2D eigenvalue weighted by Gasteiger charge is 2.23. The molecular formula is C17H19BrClFN4O. The molecule has 0 bridgehead atoms. The van der Waals surface area contributed by atoms with Crippen molar-refractivity contribution in [1.82, 2.24) is 19.6 Å². The van der Waals surface area contributed by atoms with Crippen LogP contribution in [-0.2, 0) is 17.9 Å². The van der Waals surface area contributed by atoms with Crippen molar-refractivity contribution >= 4 is 33.4 Å². The number of hydrogen-bond donors (Lipinski definition) is 0. The van der Waals surface area contributed by atoms with Crippen LogP contribution in [0.1, 0.15) is 11.3 Å². The first kappa shape index (κ1) is 18.4. The topological polar surface area (TPSA) is 41.4 Å². The first-order valence-electron chi connectivity index (χ1n) is 8.06. The van der Waals surface area contributed by atoms with E-state index in [1.165, 1.54) is 6.07 Å². The van der Waals surface area contributed by atoms with Crippen LogP contribution in [0.2, 0.25) is 5.02 Å². The zero-order valence-electron chi connectivity index (χ0n) is 13.9. The number of benzene rings is 1. The van der Waals surface area contributed by atoms with Crippen molar-refractivity contribution < 1.29 is 9.18 Å². The second-order valence-electron chi connectivity index (χ2n) is 6.12. The van der Waals surface area contributed by atoms with Gasteiger partial charge < -0.3 is 4.90 Å². The Balaban J connectivity index is 1.54. The number of carbonyl (C=O) groups excluding carboxylic acids is 1. The number of hydrogen-bond acceptors (Lipinski definition) is 3. The molecule has 8 heteroatoms. The fourth-order valence-electron chi connectivity index (χ4n) is 2.88. The molecule has 0 atom stereocenters. The van der Waals surface area contributed by atoms with Gasteiger partial charge in [-0.05, 0) is 35.0 Å². The average molecular weight is 430 g/mol. The monoisotopic (exact) mass is 428 g/mol. The number of rotatable bonds is 4. The third-order valence-electron chi connectivity index (χ3n) is 4.35. The minimum atomic E-state index is -0.286. The van der Waals surface area contributed by atoms with Gasteiger partial charge in [-0.15, -0.1) is 0 Å². The Kier molecular flexibility index (Phi) is 5.76. The number of piperazine rings is 1. The maximum atomic E-state index is 13.9. The summed E-state index contributed by atoms with van der Waals surface area (Å²) in [7, 11) is 0. The van der Waals surface area contributed by atoms with Crippen LogP contribution in [0.3, 0.4) is 0 Å². The van der Waals surface area contributed by atoms with Gasteiger partial charge in [0.15, 0.2) is 0 Å². The third-order valence-corrected chi connectivity index (χ3v) is 5.48. The van der Waals surface area contributed by atoms with Crippen LogP contribution in [0, 0.1) is 12.7 Å². The predicted molar refractivity (Wildman–Crippen MR) is 97.9 cm³/mol. The number of carbonyl (C=O) groups is 1. The molecule has 1 aromatic carbocycles. The van der Waals surface area contributed by atoms with E-state index >= 15 is 0 Å². The molecule has 5 nitrogen and oxygen atoms in total. The molecule has 1 aromatic heterocycles. The van der Waals surface area contributed by atoms with Gasteiger partial charge >= 0.3 is 0 Å². The summed E-state index contributed by atoms with van der Waals surface area (Å²) in [6.45, 7) is 5.19. The third kappa shape index (κ3) is 4.40. The van der Waals surface area contributed by atoms with E-state index in [0.29, 0.717) is 43.3 Å². The molecule has 0 aliphatic carbocycles. The van der Waals surface area contributed by atoms with Gasteiger partial charge in [-0.25, -0.2) is 4.39 Å². The van der Waals surface area contributed by atoms with Crippen LogP contribution in [0.5, 0.6) is 0 Å². The van der Waals surface area contributed by atoms with Gasteiger partial charge in [0.2, 0.25) is 5.91 Å². The van der Waals surface area contributed by atoms with E-state index in [0.717, 1.165) is 10.2 Å². The lowest BCUT2D eigenvalue weighted by Crippen LogP contribution is -2.49. The van der Waals surface area contributed by atoms with Crippen molar-refractivity contribution in [3.05, 3.63) is 51.0 Å². The lowest BCUT2D eigenvalue weighted by atomic mass is 10.2. The Hall–Kier alpha value is -1.44. The molecule has 1 aliphatic heterocycles. The fourth-order valence-corrected chi connectivity index (χ4v) is 3.41. The van der Waals surface area contributed by atoms with Gasteiger partial charge in [0.05, 0.1) is 10.2 Å². The van der Waals surface area contributed by atoms with Gasteiger partial charge in [0.1, 0.15) is 12.4 Å². The van der Waals surface area contributed by atoms with Crippen molar-refractivity contribution in [1.29, 1.82) is 0 Å². The molecule has 0 N–H and O–H groups in total. The van der Waals surface area contributed by atoms with E-state index in [4.69, 9.17) is 11.6 Å². The van der Waals surface area contributed by atoms with Crippen LogP contribution < -0.4 is 0 Å². The SMILES string of the molecule is Cc1nn(CC(=O)N2CCN(Cc3c(F)cccc3Cl)CC2)cc1Br. The number of halogens is 3. The molecular weight excluding hydrogens is 411 g/mol. The highest BCUT2D eigenvalue weighted by atomic mass is 79.9. The molecule has 2 heterocycles.